The molecule has 0 saturated carbocycles. The highest BCUT2D eigenvalue weighted by Crippen LogP contribution is 2.40. The van der Waals surface area contributed by atoms with Gasteiger partial charge in [0.1, 0.15) is 24.1 Å². The van der Waals surface area contributed by atoms with Crippen LogP contribution in [0.1, 0.15) is 27.7 Å². The molecule has 0 radical (unpaired) electrons. The van der Waals surface area contributed by atoms with Gasteiger partial charge in [-0.3, -0.25) is 0 Å². The van der Waals surface area contributed by atoms with Gasteiger partial charge in [-0.05, 0) is 64.2 Å². The second-order valence-corrected chi connectivity index (χ2v) is 8.48. The molecule has 3 fully saturated rings. The summed E-state index contributed by atoms with van der Waals surface area (Å²) in [7, 11) is 0. The molecule has 1 aromatic carbocycles. The van der Waals surface area contributed by atoms with Gasteiger partial charge in [0.15, 0.2) is 23.0 Å². The molecule has 3 saturated heterocycles. The third kappa shape index (κ3) is 4.14. The molecule has 0 aromatic heterocycles. The summed E-state index contributed by atoms with van der Waals surface area (Å²) in [5.41, 5.74) is 0.677. The minimum Gasteiger partial charge on any atom is -0.354 e. The Morgan fingerprint density at radius 2 is 1.75 bits per heavy atom. The molecule has 0 bridgehead atoms. The molecule has 5 atom stereocenters. The van der Waals surface area contributed by atoms with Crippen molar-refractivity contribution in [2.45, 2.75) is 69.9 Å². The SMILES string of the molecule is CC1(C)O[C@H]2O[C@H]([C@H]3COC(C)(C)O3)[C@@H](NC(=S)Nc3ccc(F)cc3)[C@H]2O1. The van der Waals surface area contributed by atoms with Gasteiger partial charge in [-0.1, -0.05) is 0 Å². The van der Waals surface area contributed by atoms with E-state index >= 15 is 0 Å². The molecular weight excluding hydrogens is 387 g/mol. The van der Waals surface area contributed by atoms with Crippen LogP contribution in [0.5, 0.6) is 0 Å². The van der Waals surface area contributed by atoms with Crippen LogP contribution in [0.25, 0.3) is 0 Å². The minimum absolute atomic E-state index is 0.290. The van der Waals surface area contributed by atoms with Gasteiger partial charge in [0, 0.05) is 5.69 Å². The average molecular weight is 412 g/mol. The van der Waals surface area contributed by atoms with Gasteiger partial charge in [0.25, 0.3) is 0 Å². The lowest BCUT2D eigenvalue weighted by Gasteiger charge is -2.30. The summed E-state index contributed by atoms with van der Waals surface area (Å²) < 4.78 is 42.8. The molecule has 1 aromatic rings. The number of anilines is 1. The zero-order valence-corrected chi connectivity index (χ0v) is 17.0. The molecule has 3 aliphatic heterocycles. The normalized spacial score (nSPS) is 35.5. The van der Waals surface area contributed by atoms with E-state index in [0.717, 1.165) is 0 Å². The summed E-state index contributed by atoms with van der Waals surface area (Å²) in [5.74, 6) is -1.74. The van der Waals surface area contributed by atoms with Crippen LogP contribution >= 0.6 is 12.2 Å². The molecule has 4 rings (SSSR count). The van der Waals surface area contributed by atoms with Crippen LogP contribution < -0.4 is 10.6 Å². The van der Waals surface area contributed by atoms with Crippen molar-refractivity contribution in [1.82, 2.24) is 5.32 Å². The number of thiocarbonyl (C=S) groups is 1. The number of ether oxygens (including phenoxy) is 5. The number of fused-ring (bicyclic) bond motifs is 1. The quantitative estimate of drug-likeness (QED) is 0.734. The number of benzene rings is 1. The summed E-state index contributed by atoms with van der Waals surface area (Å²) >= 11 is 5.46. The third-order valence-corrected chi connectivity index (χ3v) is 5.10. The summed E-state index contributed by atoms with van der Waals surface area (Å²) in [6, 6.07) is 5.65. The van der Waals surface area contributed by atoms with Crippen LogP contribution in [0.4, 0.5) is 10.1 Å². The van der Waals surface area contributed by atoms with E-state index < -0.39 is 17.9 Å². The van der Waals surface area contributed by atoms with Crippen molar-refractivity contribution in [1.29, 1.82) is 0 Å². The first-order chi connectivity index (χ1) is 13.1. The van der Waals surface area contributed by atoms with Crippen molar-refractivity contribution in [3.8, 4) is 0 Å². The molecule has 2 N–H and O–H groups in total. The van der Waals surface area contributed by atoms with Crippen molar-refractivity contribution >= 4 is 23.0 Å². The molecular formula is C19H25FN2O5S. The molecule has 0 unspecified atom stereocenters. The van der Waals surface area contributed by atoms with E-state index in [1.807, 2.05) is 27.7 Å². The van der Waals surface area contributed by atoms with Gasteiger partial charge in [-0.2, -0.15) is 0 Å². The molecule has 154 valence electrons. The Kier molecular flexibility index (Phi) is 5.09. The Hall–Kier alpha value is -1.36. The first-order valence-corrected chi connectivity index (χ1v) is 9.69. The highest BCUT2D eigenvalue weighted by molar-refractivity contribution is 7.80. The molecule has 0 amide bonds. The van der Waals surface area contributed by atoms with E-state index in [1.54, 1.807) is 12.1 Å². The molecule has 0 aliphatic carbocycles. The highest BCUT2D eigenvalue weighted by Gasteiger charge is 2.58. The molecule has 3 aliphatic rings. The van der Waals surface area contributed by atoms with Crippen molar-refractivity contribution in [2.75, 3.05) is 11.9 Å². The Bertz CT molecular complexity index is 744. The number of halogens is 1. The minimum atomic E-state index is -0.751. The standard InChI is InChI=1S/C19H25FN2O5S/c1-18(2)23-9-12(25-18)14-13(15-16(24-14)27-19(3,4)26-15)22-17(28)21-11-7-5-10(20)6-8-11/h5-8,12-16H,9H2,1-4H3,(H2,21,22,28)/t12-,13-,14-,15-,16-/m1/s1. The molecule has 28 heavy (non-hydrogen) atoms. The Balaban J connectivity index is 1.48. The Morgan fingerprint density at radius 3 is 2.39 bits per heavy atom. The van der Waals surface area contributed by atoms with Crippen LogP contribution in [0.2, 0.25) is 0 Å². The van der Waals surface area contributed by atoms with Gasteiger partial charge in [0.2, 0.25) is 0 Å². The van der Waals surface area contributed by atoms with Crippen LogP contribution in [0, 0.1) is 5.82 Å². The van der Waals surface area contributed by atoms with Crippen molar-refractivity contribution in [2.24, 2.45) is 0 Å². The van der Waals surface area contributed by atoms with Gasteiger partial charge in [-0.15, -0.1) is 0 Å². The van der Waals surface area contributed by atoms with Crippen molar-refractivity contribution in [3.05, 3.63) is 30.1 Å². The number of rotatable bonds is 3. The van der Waals surface area contributed by atoms with Crippen molar-refractivity contribution < 1.29 is 28.1 Å². The molecule has 7 nitrogen and oxygen atoms in total. The fourth-order valence-corrected chi connectivity index (χ4v) is 4.00. The summed E-state index contributed by atoms with van der Waals surface area (Å²) in [6.07, 6.45) is -1.55. The monoisotopic (exact) mass is 412 g/mol. The molecule has 9 heteroatoms. The van der Waals surface area contributed by atoms with Crippen LogP contribution in [0.3, 0.4) is 0 Å². The maximum absolute atomic E-state index is 13.1. The number of nitrogens with one attached hydrogen (secondary N) is 2. The van der Waals surface area contributed by atoms with Gasteiger partial charge in [-0.25, -0.2) is 4.39 Å². The van der Waals surface area contributed by atoms with Crippen LogP contribution in [-0.4, -0.2) is 53.9 Å². The molecule has 0 spiro atoms. The summed E-state index contributed by atoms with van der Waals surface area (Å²) in [6.45, 7) is 7.81. The average Bonchev–Trinajstić information content (AvgIpc) is 3.20. The van der Waals surface area contributed by atoms with Gasteiger partial charge >= 0.3 is 0 Å². The smallest absolute Gasteiger partial charge is 0.189 e. The maximum Gasteiger partial charge on any atom is 0.189 e. The van der Waals surface area contributed by atoms with E-state index in [-0.39, 0.29) is 30.2 Å². The van der Waals surface area contributed by atoms with E-state index in [4.69, 9.17) is 35.9 Å². The van der Waals surface area contributed by atoms with Gasteiger partial charge in [0.05, 0.1) is 12.6 Å². The maximum atomic E-state index is 13.1. The van der Waals surface area contributed by atoms with E-state index in [9.17, 15) is 4.39 Å². The number of hydrogen-bond donors (Lipinski definition) is 2. The lowest BCUT2D eigenvalue weighted by Crippen LogP contribution is -2.53. The van der Waals surface area contributed by atoms with E-state index in [1.165, 1.54) is 12.1 Å². The summed E-state index contributed by atoms with van der Waals surface area (Å²) in [5, 5.41) is 6.69. The topological polar surface area (TPSA) is 70.2 Å². The first kappa shape index (κ1) is 19.9. The summed E-state index contributed by atoms with van der Waals surface area (Å²) in [4.78, 5) is 0. The zero-order chi connectivity index (χ0) is 20.1. The Morgan fingerprint density at radius 1 is 1.04 bits per heavy atom. The predicted octanol–water partition coefficient (Wildman–Crippen LogP) is 2.51. The lowest BCUT2D eigenvalue weighted by molar-refractivity contribution is -0.223. The fourth-order valence-electron chi connectivity index (χ4n) is 3.74. The van der Waals surface area contributed by atoms with Gasteiger partial charge < -0.3 is 34.3 Å². The predicted molar refractivity (Wildman–Crippen MR) is 103 cm³/mol. The third-order valence-electron chi connectivity index (χ3n) is 4.88. The lowest BCUT2D eigenvalue weighted by atomic mass is 10.0. The van der Waals surface area contributed by atoms with Crippen LogP contribution in [0.15, 0.2) is 24.3 Å². The number of hydrogen-bond acceptors (Lipinski definition) is 6. The Labute approximate surface area is 168 Å². The van der Waals surface area contributed by atoms with Crippen LogP contribution in [-0.2, 0) is 23.7 Å². The first-order valence-electron chi connectivity index (χ1n) is 9.28. The van der Waals surface area contributed by atoms with E-state index in [0.29, 0.717) is 17.4 Å². The second kappa shape index (κ2) is 7.16. The van der Waals surface area contributed by atoms with E-state index in [2.05, 4.69) is 10.6 Å². The zero-order valence-electron chi connectivity index (χ0n) is 16.2. The fraction of sp³-hybridized carbons (Fsp3) is 0.632. The largest absolute Gasteiger partial charge is 0.354 e. The second-order valence-electron chi connectivity index (χ2n) is 8.07. The highest BCUT2D eigenvalue weighted by atomic mass is 32.1. The van der Waals surface area contributed by atoms with Crippen molar-refractivity contribution in [3.63, 3.8) is 0 Å². The molecule has 3 heterocycles.